The third-order valence-electron chi connectivity index (χ3n) is 4.06. The molecule has 3 aromatic rings. The summed E-state index contributed by atoms with van der Waals surface area (Å²) >= 11 is 0. The maximum atomic E-state index is 12.9. The van der Waals surface area contributed by atoms with Gasteiger partial charge in [0.25, 0.3) is 11.6 Å². The van der Waals surface area contributed by atoms with Gasteiger partial charge in [-0.05, 0) is 42.5 Å². The Morgan fingerprint density at radius 3 is 2.56 bits per heavy atom. The SMILES string of the molecule is COc1cc([N+](=O)[O-])ccc1NC(=O)COC(=O)c1ccc(COc2ccc(F)cc2)o1. The number of rotatable bonds is 9. The summed E-state index contributed by atoms with van der Waals surface area (Å²) in [5.41, 5.74) is -0.0271. The minimum atomic E-state index is -0.871. The highest BCUT2D eigenvalue weighted by Crippen LogP contribution is 2.28. The highest BCUT2D eigenvalue weighted by Gasteiger charge is 2.17. The number of nitrogens with zero attached hydrogens (tertiary/aromatic N) is 1. The van der Waals surface area contributed by atoms with E-state index in [9.17, 15) is 24.1 Å². The average Bonchev–Trinajstić information content (AvgIpc) is 3.26. The van der Waals surface area contributed by atoms with Crippen LogP contribution in [0.3, 0.4) is 0 Å². The van der Waals surface area contributed by atoms with Crippen molar-refractivity contribution in [2.24, 2.45) is 0 Å². The molecule has 1 aromatic heterocycles. The smallest absolute Gasteiger partial charge is 0.374 e. The number of hydrogen-bond acceptors (Lipinski definition) is 8. The van der Waals surface area contributed by atoms with Crippen molar-refractivity contribution in [3.05, 3.63) is 82.0 Å². The topological polar surface area (TPSA) is 130 Å². The number of benzene rings is 2. The highest BCUT2D eigenvalue weighted by molar-refractivity contribution is 5.95. The number of nitro groups is 1. The summed E-state index contributed by atoms with van der Waals surface area (Å²) in [4.78, 5) is 34.4. The van der Waals surface area contributed by atoms with Crippen molar-refractivity contribution in [2.75, 3.05) is 19.0 Å². The molecule has 0 saturated carbocycles. The van der Waals surface area contributed by atoms with Crippen molar-refractivity contribution >= 4 is 23.3 Å². The van der Waals surface area contributed by atoms with Crippen LogP contribution in [0.2, 0.25) is 0 Å². The van der Waals surface area contributed by atoms with Gasteiger partial charge in [-0.1, -0.05) is 0 Å². The molecule has 0 spiro atoms. The number of methoxy groups -OCH3 is 1. The van der Waals surface area contributed by atoms with Crippen LogP contribution in [0, 0.1) is 15.9 Å². The van der Waals surface area contributed by atoms with E-state index in [0.29, 0.717) is 11.5 Å². The predicted molar refractivity (Wildman–Crippen MR) is 108 cm³/mol. The van der Waals surface area contributed by atoms with Crippen LogP contribution in [0.4, 0.5) is 15.8 Å². The number of esters is 1. The number of anilines is 1. The molecule has 0 saturated heterocycles. The maximum Gasteiger partial charge on any atom is 0.374 e. The molecule has 0 atom stereocenters. The Kier molecular flexibility index (Phi) is 7.01. The van der Waals surface area contributed by atoms with Crippen LogP contribution in [0.15, 0.2) is 59.0 Å². The molecule has 0 unspecified atom stereocenters. The van der Waals surface area contributed by atoms with Crippen LogP contribution in [0.1, 0.15) is 16.3 Å². The number of furan rings is 1. The number of carbonyl (C=O) groups excluding carboxylic acids is 2. The molecule has 1 N–H and O–H groups in total. The minimum absolute atomic E-state index is 0.000658. The lowest BCUT2D eigenvalue weighted by Gasteiger charge is -2.10. The van der Waals surface area contributed by atoms with E-state index in [0.717, 1.165) is 6.07 Å². The lowest BCUT2D eigenvalue weighted by Crippen LogP contribution is -2.21. The van der Waals surface area contributed by atoms with Crippen molar-refractivity contribution in [3.8, 4) is 11.5 Å². The van der Waals surface area contributed by atoms with Crippen LogP contribution in [-0.2, 0) is 16.1 Å². The van der Waals surface area contributed by atoms with Gasteiger partial charge >= 0.3 is 5.97 Å². The van der Waals surface area contributed by atoms with E-state index < -0.39 is 29.2 Å². The highest BCUT2D eigenvalue weighted by atomic mass is 19.1. The molecular formula is C21H17FN2O8. The second-order valence-electron chi connectivity index (χ2n) is 6.27. The quantitative estimate of drug-likeness (QED) is 0.300. The van der Waals surface area contributed by atoms with E-state index >= 15 is 0 Å². The first-order chi connectivity index (χ1) is 15.4. The summed E-state index contributed by atoms with van der Waals surface area (Å²) in [7, 11) is 1.29. The zero-order valence-corrected chi connectivity index (χ0v) is 16.7. The van der Waals surface area contributed by atoms with E-state index in [4.69, 9.17) is 18.6 Å². The third-order valence-corrected chi connectivity index (χ3v) is 4.06. The fourth-order valence-corrected chi connectivity index (χ4v) is 2.54. The lowest BCUT2D eigenvalue weighted by molar-refractivity contribution is -0.384. The van der Waals surface area contributed by atoms with E-state index in [1.165, 1.54) is 55.6 Å². The molecule has 3 rings (SSSR count). The molecule has 2 aromatic carbocycles. The molecule has 0 aliphatic heterocycles. The molecule has 32 heavy (non-hydrogen) atoms. The van der Waals surface area contributed by atoms with E-state index in [-0.39, 0.29) is 29.5 Å². The normalized spacial score (nSPS) is 10.3. The molecule has 0 fully saturated rings. The second-order valence-corrected chi connectivity index (χ2v) is 6.27. The number of nitrogens with one attached hydrogen (secondary N) is 1. The van der Waals surface area contributed by atoms with Gasteiger partial charge in [-0.25, -0.2) is 9.18 Å². The van der Waals surface area contributed by atoms with Crippen LogP contribution >= 0.6 is 0 Å². The minimum Gasteiger partial charge on any atom is -0.494 e. The first kappa shape index (κ1) is 22.3. The average molecular weight is 444 g/mol. The standard InChI is InChI=1S/C21H17FN2O8/c1-29-19-10-14(24(27)28)4-8-17(19)23-20(25)12-31-21(26)18-9-7-16(32-18)11-30-15-5-2-13(22)3-6-15/h2-10H,11-12H2,1H3,(H,23,25). The molecule has 11 heteroatoms. The maximum absolute atomic E-state index is 12.9. The Bertz CT molecular complexity index is 1130. The first-order valence-corrected chi connectivity index (χ1v) is 9.12. The summed E-state index contributed by atoms with van der Waals surface area (Å²) < 4.78 is 33.6. The second kappa shape index (κ2) is 10.1. The van der Waals surface area contributed by atoms with Gasteiger partial charge in [-0.2, -0.15) is 0 Å². The largest absolute Gasteiger partial charge is 0.494 e. The van der Waals surface area contributed by atoms with Crippen LogP contribution in [0.25, 0.3) is 0 Å². The Labute approximate surface area is 180 Å². The van der Waals surface area contributed by atoms with E-state index in [1.54, 1.807) is 0 Å². The van der Waals surface area contributed by atoms with Gasteiger partial charge in [0.1, 0.15) is 29.7 Å². The van der Waals surface area contributed by atoms with E-state index in [2.05, 4.69) is 5.32 Å². The molecular weight excluding hydrogens is 427 g/mol. The molecule has 0 aliphatic rings. The number of non-ortho nitro benzene ring substituents is 1. The summed E-state index contributed by atoms with van der Waals surface area (Å²) in [6.45, 7) is -0.625. The van der Waals surface area contributed by atoms with Gasteiger partial charge in [0, 0.05) is 6.07 Å². The van der Waals surface area contributed by atoms with Crippen LogP contribution < -0.4 is 14.8 Å². The third kappa shape index (κ3) is 5.81. The lowest BCUT2D eigenvalue weighted by atomic mass is 10.2. The summed E-state index contributed by atoms with van der Waals surface area (Å²) in [6, 6.07) is 11.9. The Balaban J connectivity index is 1.50. The summed E-state index contributed by atoms with van der Waals surface area (Å²) in [6.07, 6.45) is 0. The number of halogens is 1. The van der Waals surface area contributed by atoms with Crippen molar-refractivity contribution in [1.82, 2.24) is 0 Å². The fourth-order valence-electron chi connectivity index (χ4n) is 2.54. The Morgan fingerprint density at radius 2 is 1.88 bits per heavy atom. The van der Waals surface area contributed by atoms with Crippen molar-refractivity contribution in [3.63, 3.8) is 0 Å². The summed E-state index contributed by atoms with van der Waals surface area (Å²) in [5, 5.41) is 13.3. The van der Waals surface area contributed by atoms with Crippen LogP contribution in [-0.4, -0.2) is 30.5 Å². The van der Waals surface area contributed by atoms with Gasteiger partial charge in [0.15, 0.2) is 6.61 Å². The number of hydrogen-bond donors (Lipinski definition) is 1. The predicted octanol–water partition coefficient (Wildman–Crippen LogP) is 3.71. The molecule has 1 heterocycles. The summed E-state index contributed by atoms with van der Waals surface area (Å²) in [5.74, 6) is -1.26. The zero-order chi connectivity index (χ0) is 23.1. The molecule has 166 valence electrons. The first-order valence-electron chi connectivity index (χ1n) is 9.12. The molecule has 0 radical (unpaired) electrons. The molecule has 0 bridgehead atoms. The Hall–Kier alpha value is -4.41. The van der Waals surface area contributed by atoms with Gasteiger partial charge in [-0.3, -0.25) is 14.9 Å². The molecule has 10 nitrogen and oxygen atoms in total. The van der Waals surface area contributed by atoms with Gasteiger partial charge in [0.2, 0.25) is 5.76 Å². The molecule has 0 aliphatic carbocycles. The number of nitro benzene ring substituents is 1. The number of ether oxygens (including phenoxy) is 3. The van der Waals surface area contributed by atoms with Crippen molar-refractivity contribution in [2.45, 2.75) is 6.61 Å². The number of carbonyl (C=O) groups is 2. The van der Waals surface area contributed by atoms with Gasteiger partial charge in [-0.15, -0.1) is 0 Å². The van der Waals surface area contributed by atoms with Gasteiger partial charge in [0.05, 0.1) is 23.8 Å². The van der Waals surface area contributed by atoms with Gasteiger partial charge < -0.3 is 23.9 Å². The zero-order valence-electron chi connectivity index (χ0n) is 16.7. The van der Waals surface area contributed by atoms with Crippen molar-refractivity contribution < 1.29 is 37.5 Å². The monoisotopic (exact) mass is 444 g/mol. The molecule has 1 amide bonds. The van der Waals surface area contributed by atoms with Crippen LogP contribution in [0.5, 0.6) is 11.5 Å². The number of amides is 1. The van der Waals surface area contributed by atoms with Crippen molar-refractivity contribution in [1.29, 1.82) is 0 Å². The fraction of sp³-hybridized carbons (Fsp3) is 0.143. The van der Waals surface area contributed by atoms with E-state index in [1.807, 2.05) is 0 Å². The Morgan fingerprint density at radius 1 is 1.12 bits per heavy atom.